The quantitative estimate of drug-likeness (QED) is 0.766. The highest BCUT2D eigenvalue weighted by molar-refractivity contribution is 5.95. The molecule has 1 aliphatic heterocycles. The molecule has 1 aliphatic rings. The van der Waals surface area contributed by atoms with Gasteiger partial charge in [0.2, 0.25) is 0 Å². The number of hydrogen-bond acceptors (Lipinski definition) is 5. The first-order valence-electron chi connectivity index (χ1n) is 8.33. The van der Waals surface area contributed by atoms with Gasteiger partial charge in [0, 0.05) is 49.0 Å². The van der Waals surface area contributed by atoms with Gasteiger partial charge in [0.05, 0.1) is 11.7 Å². The smallest absolute Gasteiger partial charge is 0.254 e. The molecule has 3 heterocycles. The zero-order valence-corrected chi connectivity index (χ0v) is 14.1. The summed E-state index contributed by atoms with van der Waals surface area (Å²) in [4.78, 5) is 21.1. The largest absolute Gasteiger partial charge is 0.340 e. The van der Waals surface area contributed by atoms with Crippen LogP contribution in [0.15, 0.2) is 42.7 Å². The van der Waals surface area contributed by atoms with Crippen molar-refractivity contribution < 1.29 is 4.79 Å². The maximum absolute atomic E-state index is 12.7. The number of benzene rings is 1. The molecular weight excluding hydrogens is 316 g/mol. The van der Waals surface area contributed by atoms with Crippen molar-refractivity contribution in [3.8, 4) is 0 Å². The fraction of sp³-hybridized carbons (Fsp3) is 0.278. The number of aromatic nitrogens is 3. The second-order valence-electron chi connectivity index (χ2n) is 6.32. The van der Waals surface area contributed by atoms with Gasteiger partial charge in [0.1, 0.15) is 5.82 Å². The Morgan fingerprint density at radius 2 is 2.00 bits per heavy atom. The van der Waals surface area contributed by atoms with E-state index >= 15 is 0 Å². The minimum Gasteiger partial charge on any atom is -0.340 e. The SMILES string of the molecule is CN1CCN(C(=O)c2ccnc(Nc3ccc4[nH]ncc4c3)c2)CC1. The number of carbonyl (C=O) groups is 1. The number of nitrogens with one attached hydrogen (secondary N) is 2. The van der Waals surface area contributed by atoms with Gasteiger partial charge in [-0.25, -0.2) is 4.98 Å². The Kier molecular flexibility index (Phi) is 4.07. The molecule has 7 nitrogen and oxygen atoms in total. The summed E-state index contributed by atoms with van der Waals surface area (Å²) >= 11 is 0. The maximum atomic E-state index is 12.7. The number of fused-ring (bicyclic) bond motifs is 1. The number of amides is 1. The predicted molar refractivity (Wildman–Crippen MR) is 97.0 cm³/mol. The molecule has 2 N–H and O–H groups in total. The minimum absolute atomic E-state index is 0.0591. The molecule has 0 bridgehead atoms. The van der Waals surface area contributed by atoms with Gasteiger partial charge in [0.25, 0.3) is 5.91 Å². The normalized spacial score (nSPS) is 15.5. The average molecular weight is 336 g/mol. The number of pyridine rings is 1. The summed E-state index contributed by atoms with van der Waals surface area (Å²) in [5, 5.41) is 11.2. The first-order valence-corrected chi connectivity index (χ1v) is 8.33. The lowest BCUT2D eigenvalue weighted by Crippen LogP contribution is -2.47. The van der Waals surface area contributed by atoms with Crippen LogP contribution in [0.25, 0.3) is 10.9 Å². The van der Waals surface area contributed by atoms with Gasteiger partial charge < -0.3 is 15.1 Å². The van der Waals surface area contributed by atoms with Crippen LogP contribution in [0, 0.1) is 0 Å². The fourth-order valence-electron chi connectivity index (χ4n) is 2.99. The van der Waals surface area contributed by atoms with Crippen LogP contribution >= 0.6 is 0 Å². The summed E-state index contributed by atoms with van der Waals surface area (Å²) < 4.78 is 0. The van der Waals surface area contributed by atoms with Crippen molar-refractivity contribution in [3.63, 3.8) is 0 Å². The second-order valence-corrected chi connectivity index (χ2v) is 6.32. The Hall–Kier alpha value is -2.93. The molecule has 1 aromatic carbocycles. The number of piperazine rings is 1. The van der Waals surface area contributed by atoms with E-state index in [9.17, 15) is 4.79 Å². The Labute approximate surface area is 145 Å². The van der Waals surface area contributed by atoms with Crippen molar-refractivity contribution in [1.29, 1.82) is 0 Å². The van der Waals surface area contributed by atoms with E-state index in [4.69, 9.17) is 0 Å². The molecule has 2 aromatic heterocycles. The van der Waals surface area contributed by atoms with E-state index in [1.54, 1.807) is 24.5 Å². The number of rotatable bonds is 3. The zero-order valence-electron chi connectivity index (χ0n) is 14.1. The number of H-pyrrole nitrogens is 1. The third kappa shape index (κ3) is 3.32. The van der Waals surface area contributed by atoms with Crippen molar-refractivity contribution >= 4 is 28.3 Å². The molecule has 0 spiro atoms. The van der Waals surface area contributed by atoms with Crippen molar-refractivity contribution in [1.82, 2.24) is 25.0 Å². The van der Waals surface area contributed by atoms with Gasteiger partial charge in [-0.3, -0.25) is 9.89 Å². The van der Waals surface area contributed by atoms with Crippen LogP contribution in [-0.4, -0.2) is 64.1 Å². The maximum Gasteiger partial charge on any atom is 0.254 e. The molecule has 25 heavy (non-hydrogen) atoms. The lowest BCUT2D eigenvalue weighted by molar-refractivity contribution is 0.0664. The third-order valence-corrected chi connectivity index (χ3v) is 4.51. The molecule has 1 saturated heterocycles. The van der Waals surface area contributed by atoms with Crippen LogP contribution < -0.4 is 5.32 Å². The Balaban J connectivity index is 1.51. The molecule has 0 aliphatic carbocycles. The van der Waals surface area contributed by atoms with E-state index < -0.39 is 0 Å². The molecule has 7 heteroatoms. The van der Waals surface area contributed by atoms with E-state index in [0.29, 0.717) is 11.4 Å². The van der Waals surface area contributed by atoms with Crippen molar-refractivity contribution in [3.05, 3.63) is 48.3 Å². The molecule has 0 atom stereocenters. The van der Waals surface area contributed by atoms with E-state index in [1.807, 2.05) is 23.1 Å². The predicted octanol–water partition coefficient (Wildman–Crippen LogP) is 2.09. The summed E-state index contributed by atoms with van der Waals surface area (Å²) in [7, 11) is 2.08. The molecule has 3 aromatic rings. The Morgan fingerprint density at radius 3 is 2.84 bits per heavy atom. The van der Waals surface area contributed by atoms with Crippen LogP contribution in [0.3, 0.4) is 0 Å². The Bertz CT molecular complexity index is 897. The van der Waals surface area contributed by atoms with Crippen LogP contribution in [0.5, 0.6) is 0 Å². The number of nitrogens with zero attached hydrogens (tertiary/aromatic N) is 4. The molecular formula is C18H20N6O. The van der Waals surface area contributed by atoms with E-state index in [0.717, 1.165) is 42.8 Å². The van der Waals surface area contributed by atoms with Gasteiger partial charge in [-0.1, -0.05) is 0 Å². The van der Waals surface area contributed by atoms with Gasteiger partial charge in [0.15, 0.2) is 0 Å². The van der Waals surface area contributed by atoms with Gasteiger partial charge in [-0.05, 0) is 37.4 Å². The van der Waals surface area contributed by atoms with Gasteiger partial charge in [-0.2, -0.15) is 5.10 Å². The Morgan fingerprint density at radius 1 is 1.16 bits per heavy atom. The summed E-state index contributed by atoms with van der Waals surface area (Å²) in [6.07, 6.45) is 3.45. The number of aromatic amines is 1. The first kappa shape index (κ1) is 15.6. The topological polar surface area (TPSA) is 77.1 Å². The molecule has 1 amide bonds. The highest BCUT2D eigenvalue weighted by Crippen LogP contribution is 2.21. The summed E-state index contributed by atoms with van der Waals surface area (Å²) in [5.74, 6) is 0.714. The number of likely N-dealkylation sites (N-methyl/N-ethyl adjacent to an activating group) is 1. The summed E-state index contributed by atoms with van der Waals surface area (Å²) in [5.41, 5.74) is 2.55. The fourth-order valence-corrected chi connectivity index (χ4v) is 2.99. The molecule has 0 unspecified atom stereocenters. The third-order valence-electron chi connectivity index (χ3n) is 4.51. The molecule has 1 fully saturated rings. The van der Waals surface area contributed by atoms with E-state index in [1.165, 1.54) is 0 Å². The first-order chi connectivity index (χ1) is 12.2. The summed E-state index contributed by atoms with van der Waals surface area (Å²) in [6.45, 7) is 3.34. The van der Waals surface area contributed by atoms with Gasteiger partial charge in [-0.15, -0.1) is 0 Å². The number of hydrogen-bond donors (Lipinski definition) is 2. The van der Waals surface area contributed by atoms with Crippen LogP contribution in [0.4, 0.5) is 11.5 Å². The number of carbonyl (C=O) groups excluding carboxylic acids is 1. The van der Waals surface area contributed by atoms with Crippen LogP contribution in [0.1, 0.15) is 10.4 Å². The van der Waals surface area contributed by atoms with Crippen molar-refractivity contribution in [2.75, 3.05) is 38.5 Å². The summed E-state index contributed by atoms with van der Waals surface area (Å²) in [6, 6.07) is 9.49. The van der Waals surface area contributed by atoms with E-state index in [2.05, 4.69) is 32.4 Å². The average Bonchev–Trinajstić information content (AvgIpc) is 3.10. The highest BCUT2D eigenvalue weighted by atomic mass is 16.2. The lowest BCUT2D eigenvalue weighted by atomic mass is 10.2. The van der Waals surface area contributed by atoms with Crippen molar-refractivity contribution in [2.24, 2.45) is 0 Å². The second kappa shape index (κ2) is 6.52. The standard InChI is InChI=1S/C18H20N6O/c1-23-6-8-24(9-7-23)18(25)13-4-5-19-17(11-13)21-15-2-3-16-14(10-15)12-20-22-16/h2-5,10-12H,6-9H2,1H3,(H,19,21)(H,20,22). The molecule has 0 radical (unpaired) electrons. The van der Waals surface area contributed by atoms with Crippen LogP contribution in [0.2, 0.25) is 0 Å². The highest BCUT2D eigenvalue weighted by Gasteiger charge is 2.20. The molecule has 4 rings (SSSR count). The minimum atomic E-state index is 0.0591. The lowest BCUT2D eigenvalue weighted by Gasteiger charge is -2.32. The zero-order chi connectivity index (χ0) is 17.2. The molecule has 0 saturated carbocycles. The number of anilines is 2. The molecule has 128 valence electrons. The van der Waals surface area contributed by atoms with E-state index in [-0.39, 0.29) is 5.91 Å². The monoisotopic (exact) mass is 336 g/mol. The van der Waals surface area contributed by atoms with Crippen molar-refractivity contribution in [2.45, 2.75) is 0 Å². The van der Waals surface area contributed by atoms with Gasteiger partial charge >= 0.3 is 0 Å². The van der Waals surface area contributed by atoms with Crippen LogP contribution in [-0.2, 0) is 0 Å².